The highest BCUT2D eigenvalue weighted by Crippen LogP contribution is 2.30. The Balaban J connectivity index is 1.46. The van der Waals surface area contributed by atoms with E-state index in [0.29, 0.717) is 25.1 Å². The summed E-state index contributed by atoms with van der Waals surface area (Å²) in [7, 11) is -2.29. The number of amides is 1. The first kappa shape index (κ1) is 24.8. The number of benzene rings is 1. The van der Waals surface area contributed by atoms with Crippen LogP contribution < -0.4 is 0 Å². The maximum Gasteiger partial charge on any atom is 0.248 e. The van der Waals surface area contributed by atoms with Gasteiger partial charge in [0.2, 0.25) is 15.9 Å². The molecule has 0 radical (unpaired) electrons. The molecule has 2 aromatic heterocycles. The molecule has 1 aliphatic rings. The summed E-state index contributed by atoms with van der Waals surface area (Å²) >= 11 is 0. The summed E-state index contributed by atoms with van der Waals surface area (Å²) in [6.07, 6.45) is 4.88. The number of carbonyl (C=O) groups is 1. The second kappa shape index (κ2) is 10.1. The molecule has 186 valence electrons. The summed E-state index contributed by atoms with van der Waals surface area (Å²) in [5, 5.41) is 3.77. The van der Waals surface area contributed by atoms with E-state index in [1.54, 1.807) is 30.3 Å². The third-order valence-corrected chi connectivity index (χ3v) is 8.02. The van der Waals surface area contributed by atoms with Crippen LogP contribution in [0.4, 0.5) is 8.78 Å². The van der Waals surface area contributed by atoms with E-state index in [2.05, 4.69) is 5.16 Å². The molecule has 1 fully saturated rings. The highest BCUT2D eigenvalue weighted by Gasteiger charge is 2.36. The fourth-order valence-corrected chi connectivity index (χ4v) is 5.82. The lowest BCUT2D eigenvalue weighted by Crippen LogP contribution is -2.43. The molecule has 0 aliphatic carbocycles. The fourth-order valence-electron chi connectivity index (χ4n) is 4.10. The van der Waals surface area contributed by atoms with Crippen molar-refractivity contribution in [3.05, 3.63) is 71.0 Å². The molecule has 0 atom stereocenters. The van der Waals surface area contributed by atoms with E-state index in [0.717, 1.165) is 12.1 Å². The lowest BCUT2D eigenvalue weighted by molar-refractivity contribution is -0.136. The minimum Gasteiger partial charge on any atom is -0.467 e. The van der Waals surface area contributed by atoms with Crippen LogP contribution in [0.15, 0.2) is 50.4 Å². The Morgan fingerprint density at radius 1 is 1.23 bits per heavy atom. The average molecular weight is 506 g/mol. The molecule has 0 unspecified atom stereocenters. The molecule has 8 nitrogen and oxygen atoms in total. The highest BCUT2D eigenvalue weighted by atomic mass is 32.2. The maximum absolute atomic E-state index is 13.9. The van der Waals surface area contributed by atoms with E-state index < -0.39 is 21.7 Å². The van der Waals surface area contributed by atoms with E-state index >= 15 is 0 Å². The van der Waals surface area contributed by atoms with Crippen molar-refractivity contribution in [2.24, 2.45) is 5.92 Å². The maximum atomic E-state index is 13.9. The Bertz CT molecular complexity index is 1330. The van der Waals surface area contributed by atoms with Crippen LogP contribution in [0, 0.1) is 24.5 Å². The van der Waals surface area contributed by atoms with Gasteiger partial charge in [-0.3, -0.25) is 4.79 Å². The van der Waals surface area contributed by atoms with Crippen molar-refractivity contribution in [3.63, 3.8) is 0 Å². The van der Waals surface area contributed by atoms with Crippen LogP contribution in [0.25, 0.3) is 12.2 Å². The van der Waals surface area contributed by atoms with Gasteiger partial charge in [0.05, 0.1) is 12.8 Å². The highest BCUT2D eigenvalue weighted by molar-refractivity contribution is 7.89. The van der Waals surface area contributed by atoms with Crippen LogP contribution in [0.5, 0.6) is 0 Å². The first-order valence-electron chi connectivity index (χ1n) is 11.0. The van der Waals surface area contributed by atoms with Gasteiger partial charge in [-0.25, -0.2) is 17.2 Å². The van der Waals surface area contributed by atoms with Gasteiger partial charge in [-0.05, 0) is 56.2 Å². The number of aromatic nitrogens is 1. The standard InChI is InChI=1S/C24H25F2N3O5S/c1-16-23(22(34-27-16)8-6-17-5-7-19(25)14-21(17)26)35(31,32)29-11-9-18(10-12-29)24(30)28(2)15-20-4-3-13-33-20/h3-8,13-14,18H,9-12,15H2,1-2H3/b8-6+. The Labute approximate surface area is 201 Å². The molecule has 0 bridgehead atoms. The molecular formula is C24H25F2N3O5S. The van der Waals surface area contributed by atoms with Crippen LogP contribution in [0.2, 0.25) is 0 Å². The average Bonchev–Trinajstić information content (AvgIpc) is 3.47. The quantitative estimate of drug-likeness (QED) is 0.480. The predicted molar refractivity (Wildman–Crippen MR) is 123 cm³/mol. The monoisotopic (exact) mass is 505 g/mol. The van der Waals surface area contributed by atoms with Gasteiger partial charge in [0.15, 0.2) is 10.7 Å². The summed E-state index contributed by atoms with van der Waals surface area (Å²) in [5.41, 5.74) is 0.238. The van der Waals surface area contributed by atoms with Crippen LogP contribution in [-0.2, 0) is 21.4 Å². The second-order valence-electron chi connectivity index (χ2n) is 8.41. The molecule has 1 aliphatic heterocycles. The van der Waals surface area contributed by atoms with Crippen molar-refractivity contribution >= 4 is 28.1 Å². The van der Waals surface area contributed by atoms with Crippen LogP contribution in [0.3, 0.4) is 0 Å². The molecule has 1 amide bonds. The summed E-state index contributed by atoms with van der Waals surface area (Å²) in [5.74, 6) is -1.25. The number of aryl methyl sites for hydroxylation is 1. The smallest absolute Gasteiger partial charge is 0.248 e. The van der Waals surface area contributed by atoms with Crippen molar-refractivity contribution in [1.82, 2.24) is 14.4 Å². The number of nitrogens with zero attached hydrogens (tertiary/aromatic N) is 3. The zero-order valence-corrected chi connectivity index (χ0v) is 20.1. The number of hydrogen-bond donors (Lipinski definition) is 0. The van der Waals surface area contributed by atoms with Gasteiger partial charge in [-0.15, -0.1) is 0 Å². The van der Waals surface area contributed by atoms with Gasteiger partial charge in [-0.2, -0.15) is 4.31 Å². The zero-order valence-electron chi connectivity index (χ0n) is 19.3. The Morgan fingerprint density at radius 3 is 2.63 bits per heavy atom. The molecule has 3 heterocycles. The fraction of sp³-hybridized carbons (Fsp3) is 0.333. The molecule has 0 N–H and O–H groups in total. The van der Waals surface area contributed by atoms with Gasteiger partial charge >= 0.3 is 0 Å². The van der Waals surface area contributed by atoms with Gasteiger partial charge in [0.1, 0.15) is 23.1 Å². The Hall–Kier alpha value is -3.31. The third-order valence-electron chi connectivity index (χ3n) is 5.96. The van der Waals surface area contributed by atoms with Crippen LogP contribution in [0.1, 0.15) is 35.6 Å². The lowest BCUT2D eigenvalue weighted by Gasteiger charge is -2.32. The number of carbonyl (C=O) groups excluding carboxylic acids is 1. The van der Waals surface area contributed by atoms with Crippen molar-refractivity contribution in [2.45, 2.75) is 31.2 Å². The molecule has 1 saturated heterocycles. The van der Waals surface area contributed by atoms with E-state index in [1.807, 2.05) is 0 Å². The summed E-state index contributed by atoms with van der Waals surface area (Å²) in [4.78, 5) is 14.3. The van der Waals surface area contributed by atoms with Crippen LogP contribution in [-0.4, -0.2) is 48.8 Å². The van der Waals surface area contributed by atoms with Crippen molar-refractivity contribution in [3.8, 4) is 0 Å². The minimum absolute atomic E-state index is 0.0531. The van der Waals surface area contributed by atoms with Gasteiger partial charge in [0.25, 0.3) is 0 Å². The number of halogens is 2. The van der Waals surface area contributed by atoms with Crippen LogP contribution >= 0.6 is 0 Å². The summed E-state index contributed by atoms with van der Waals surface area (Å²) < 4.78 is 65.7. The van der Waals surface area contributed by atoms with E-state index in [1.165, 1.54) is 29.4 Å². The second-order valence-corrected chi connectivity index (χ2v) is 10.3. The third kappa shape index (κ3) is 5.35. The van der Waals surface area contributed by atoms with Gasteiger partial charge < -0.3 is 13.8 Å². The molecule has 1 aromatic carbocycles. The minimum atomic E-state index is -3.98. The number of furan rings is 1. The van der Waals surface area contributed by atoms with Gasteiger partial charge in [-0.1, -0.05) is 5.16 Å². The lowest BCUT2D eigenvalue weighted by atomic mass is 9.96. The van der Waals surface area contributed by atoms with Gasteiger partial charge in [0, 0.05) is 37.7 Å². The van der Waals surface area contributed by atoms with Crippen molar-refractivity contribution < 1.29 is 30.9 Å². The largest absolute Gasteiger partial charge is 0.467 e. The molecule has 11 heteroatoms. The summed E-state index contributed by atoms with van der Waals surface area (Å²) in [6, 6.07) is 6.62. The number of hydrogen-bond acceptors (Lipinski definition) is 6. The topological polar surface area (TPSA) is 96.9 Å². The van der Waals surface area contributed by atoms with E-state index in [4.69, 9.17) is 8.94 Å². The van der Waals surface area contributed by atoms with Crippen molar-refractivity contribution in [2.75, 3.05) is 20.1 Å². The molecule has 0 spiro atoms. The molecule has 35 heavy (non-hydrogen) atoms. The molecular weight excluding hydrogens is 480 g/mol. The first-order valence-corrected chi connectivity index (χ1v) is 12.5. The number of sulfonamides is 1. The first-order chi connectivity index (χ1) is 16.7. The molecule has 4 rings (SSSR count). The van der Waals surface area contributed by atoms with E-state index in [9.17, 15) is 22.0 Å². The molecule has 3 aromatic rings. The normalized spacial score (nSPS) is 15.7. The molecule has 0 saturated carbocycles. The van der Waals surface area contributed by atoms with E-state index in [-0.39, 0.29) is 46.8 Å². The summed E-state index contributed by atoms with van der Waals surface area (Å²) in [6.45, 7) is 2.17. The van der Waals surface area contributed by atoms with Crippen molar-refractivity contribution in [1.29, 1.82) is 0 Å². The Morgan fingerprint density at radius 2 is 1.97 bits per heavy atom. The zero-order chi connectivity index (χ0) is 25.2. The predicted octanol–water partition coefficient (Wildman–Crippen LogP) is 4.08. The number of rotatable bonds is 7. The number of piperidine rings is 1. The Kier molecular flexibility index (Phi) is 7.18. The SMILES string of the molecule is Cc1noc(/C=C/c2ccc(F)cc2F)c1S(=O)(=O)N1CCC(C(=O)N(C)Cc2ccco2)CC1.